The summed E-state index contributed by atoms with van der Waals surface area (Å²) < 4.78 is 26.2. The van der Waals surface area contributed by atoms with Gasteiger partial charge in [0.15, 0.2) is 0 Å². The molecule has 1 fully saturated rings. The molecule has 0 spiro atoms. The fourth-order valence-corrected chi connectivity index (χ4v) is 3.05. The van der Waals surface area contributed by atoms with Crippen molar-refractivity contribution in [1.29, 1.82) is 0 Å². The number of nitrogens with zero attached hydrogens (tertiary/aromatic N) is 1. The quantitative estimate of drug-likeness (QED) is 0.539. The van der Waals surface area contributed by atoms with E-state index in [1.807, 2.05) is 0 Å². The maximum absolute atomic E-state index is 11.9. The monoisotopic (exact) mass is 260 g/mol. The minimum Gasteiger partial charge on any atom is -0.387 e. The van der Waals surface area contributed by atoms with Crippen LogP contribution in [0.4, 0.5) is 0 Å². The lowest BCUT2D eigenvalue weighted by Gasteiger charge is -2.21. The van der Waals surface area contributed by atoms with E-state index in [1.54, 1.807) is 6.92 Å². The van der Waals surface area contributed by atoms with E-state index in [9.17, 15) is 13.5 Å². The van der Waals surface area contributed by atoms with Crippen LogP contribution in [-0.4, -0.2) is 49.0 Å². The van der Waals surface area contributed by atoms with Crippen LogP contribution >= 0.6 is 0 Å². The Kier molecular flexibility index (Phi) is 3.21. The topological polar surface area (TPSA) is 107 Å². The van der Waals surface area contributed by atoms with Gasteiger partial charge in [-0.1, -0.05) is 0 Å². The van der Waals surface area contributed by atoms with Crippen LogP contribution in [0.15, 0.2) is 11.1 Å². The molecule has 17 heavy (non-hydrogen) atoms. The van der Waals surface area contributed by atoms with Gasteiger partial charge < -0.3 is 10.4 Å². The molecule has 1 aliphatic rings. The standard InChI is InChI=1S/C9H16N4O3S/c1-7-8(4-11-13-7)17(15,16)12-6-9(14)2-3-10-5-9/h4,10,12,14H,2-3,5-6H2,1H3,(H,11,13). The molecule has 0 amide bonds. The first-order valence-electron chi connectivity index (χ1n) is 5.36. The summed E-state index contributed by atoms with van der Waals surface area (Å²) in [5.74, 6) is 0. The molecule has 1 saturated heterocycles. The number of aromatic nitrogens is 2. The number of aryl methyl sites for hydroxylation is 1. The van der Waals surface area contributed by atoms with Crippen molar-refractivity contribution in [3.8, 4) is 0 Å². The van der Waals surface area contributed by atoms with Gasteiger partial charge in [-0.25, -0.2) is 13.1 Å². The van der Waals surface area contributed by atoms with Gasteiger partial charge in [0, 0.05) is 13.1 Å². The minimum absolute atomic E-state index is 0.00690. The Labute approximate surface area is 99.7 Å². The first kappa shape index (κ1) is 12.5. The lowest BCUT2D eigenvalue weighted by atomic mass is 10.1. The Hall–Kier alpha value is -0.960. The van der Waals surface area contributed by atoms with Gasteiger partial charge >= 0.3 is 0 Å². The van der Waals surface area contributed by atoms with E-state index in [0.29, 0.717) is 25.2 Å². The largest absolute Gasteiger partial charge is 0.387 e. The molecule has 1 atom stereocenters. The summed E-state index contributed by atoms with van der Waals surface area (Å²) in [4.78, 5) is 0.118. The number of nitrogens with one attached hydrogen (secondary N) is 3. The summed E-state index contributed by atoms with van der Waals surface area (Å²) in [7, 11) is -3.60. The van der Waals surface area contributed by atoms with E-state index in [1.165, 1.54) is 6.20 Å². The summed E-state index contributed by atoms with van der Waals surface area (Å²) in [6, 6.07) is 0. The van der Waals surface area contributed by atoms with Crippen molar-refractivity contribution < 1.29 is 13.5 Å². The summed E-state index contributed by atoms with van der Waals surface area (Å²) in [5.41, 5.74) is -0.515. The highest BCUT2D eigenvalue weighted by molar-refractivity contribution is 7.89. The molecule has 0 bridgehead atoms. The Morgan fingerprint density at radius 3 is 2.94 bits per heavy atom. The van der Waals surface area contributed by atoms with Crippen LogP contribution in [0.25, 0.3) is 0 Å². The molecule has 1 aromatic heterocycles. The van der Waals surface area contributed by atoms with E-state index in [2.05, 4.69) is 20.2 Å². The molecule has 4 N–H and O–H groups in total. The van der Waals surface area contributed by atoms with Crippen LogP contribution < -0.4 is 10.0 Å². The molecular formula is C9H16N4O3S. The van der Waals surface area contributed by atoms with Gasteiger partial charge in [0.25, 0.3) is 0 Å². The number of aromatic amines is 1. The smallest absolute Gasteiger partial charge is 0.244 e. The Bertz CT molecular complexity index is 490. The SMILES string of the molecule is Cc1[nH]ncc1S(=O)(=O)NCC1(O)CCNC1. The van der Waals surface area contributed by atoms with Crippen LogP contribution in [-0.2, 0) is 10.0 Å². The van der Waals surface area contributed by atoms with E-state index in [4.69, 9.17) is 0 Å². The lowest BCUT2D eigenvalue weighted by molar-refractivity contribution is 0.0667. The van der Waals surface area contributed by atoms with Gasteiger partial charge in [0.1, 0.15) is 4.90 Å². The number of H-pyrrole nitrogens is 1. The molecule has 8 heteroatoms. The van der Waals surface area contributed by atoms with E-state index in [0.717, 1.165) is 0 Å². The predicted octanol–water partition coefficient (Wildman–Crippen LogP) is -1.28. The molecule has 1 unspecified atom stereocenters. The second-order valence-corrected chi connectivity index (χ2v) is 6.07. The van der Waals surface area contributed by atoms with Crippen molar-refractivity contribution in [2.45, 2.75) is 23.8 Å². The average Bonchev–Trinajstić information content (AvgIpc) is 2.86. The summed E-state index contributed by atoms with van der Waals surface area (Å²) >= 11 is 0. The zero-order valence-corrected chi connectivity index (χ0v) is 10.3. The molecule has 0 aliphatic carbocycles. The lowest BCUT2D eigenvalue weighted by Crippen LogP contribution is -2.44. The number of rotatable bonds is 4. The fraction of sp³-hybridized carbons (Fsp3) is 0.667. The zero-order chi connectivity index (χ0) is 12.5. The summed E-state index contributed by atoms with van der Waals surface area (Å²) in [6.45, 7) is 2.74. The van der Waals surface area contributed by atoms with Crippen molar-refractivity contribution in [2.24, 2.45) is 0 Å². The normalized spacial score (nSPS) is 25.3. The maximum atomic E-state index is 11.9. The number of hydrogen-bond acceptors (Lipinski definition) is 5. The van der Waals surface area contributed by atoms with Gasteiger partial charge in [-0.3, -0.25) is 5.10 Å². The van der Waals surface area contributed by atoms with Gasteiger partial charge in [-0.2, -0.15) is 5.10 Å². The number of aliphatic hydroxyl groups is 1. The third kappa shape index (κ3) is 2.65. The highest BCUT2D eigenvalue weighted by Gasteiger charge is 2.32. The van der Waals surface area contributed by atoms with Gasteiger partial charge in [0.2, 0.25) is 10.0 Å². The van der Waals surface area contributed by atoms with Crippen LogP contribution in [0, 0.1) is 6.92 Å². The molecule has 1 aliphatic heterocycles. The molecule has 96 valence electrons. The number of β-amino-alcohol motifs (C(OH)–C–C–N with tert-alkyl or cyclic N) is 1. The second-order valence-electron chi connectivity index (χ2n) is 4.33. The Balaban J connectivity index is 2.06. The molecular weight excluding hydrogens is 244 g/mol. The van der Waals surface area contributed by atoms with Crippen LogP contribution in [0.5, 0.6) is 0 Å². The average molecular weight is 260 g/mol. The molecule has 0 radical (unpaired) electrons. The van der Waals surface area contributed by atoms with Crippen molar-refractivity contribution in [2.75, 3.05) is 19.6 Å². The fourth-order valence-electron chi connectivity index (χ4n) is 1.80. The Morgan fingerprint density at radius 1 is 1.65 bits per heavy atom. The molecule has 0 aromatic carbocycles. The van der Waals surface area contributed by atoms with Crippen LogP contribution in [0.1, 0.15) is 12.1 Å². The summed E-state index contributed by atoms with van der Waals surface area (Å²) in [6.07, 6.45) is 1.80. The minimum atomic E-state index is -3.60. The molecule has 2 rings (SSSR count). The Morgan fingerprint density at radius 2 is 2.41 bits per heavy atom. The molecule has 2 heterocycles. The van der Waals surface area contributed by atoms with Crippen LogP contribution in [0.2, 0.25) is 0 Å². The van der Waals surface area contributed by atoms with Gasteiger partial charge in [0.05, 0.1) is 17.5 Å². The first-order valence-corrected chi connectivity index (χ1v) is 6.84. The zero-order valence-electron chi connectivity index (χ0n) is 9.52. The van der Waals surface area contributed by atoms with Crippen molar-refractivity contribution in [3.63, 3.8) is 0 Å². The van der Waals surface area contributed by atoms with Gasteiger partial charge in [-0.05, 0) is 19.9 Å². The third-order valence-corrected chi connectivity index (χ3v) is 4.40. The van der Waals surface area contributed by atoms with Crippen LogP contribution in [0.3, 0.4) is 0 Å². The second kappa shape index (κ2) is 4.37. The van der Waals surface area contributed by atoms with Gasteiger partial charge in [-0.15, -0.1) is 0 Å². The number of sulfonamides is 1. The molecule has 1 aromatic rings. The molecule has 0 saturated carbocycles. The maximum Gasteiger partial charge on any atom is 0.244 e. The summed E-state index contributed by atoms with van der Waals surface area (Å²) in [5, 5.41) is 19.2. The highest BCUT2D eigenvalue weighted by atomic mass is 32.2. The number of hydrogen-bond donors (Lipinski definition) is 4. The van der Waals surface area contributed by atoms with E-state index in [-0.39, 0.29) is 11.4 Å². The van der Waals surface area contributed by atoms with Crippen molar-refractivity contribution >= 4 is 10.0 Å². The highest BCUT2D eigenvalue weighted by Crippen LogP contribution is 2.15. The molecule has 7 nitrogen and oxygen atoms in total. The van der Waals surface area contributed by atoms with Crippen molar-refractivity contribution in [1.82, 2.24) is 20.2 Å². The first-order chi connectivity index (χ1) is 7.93. The third-order valence-electron chi connectivity index (χ3n) is 2.89. The van der Waals surface area contributed by atoms with E-state index < -0.39 is 15.6 Å². The predicted molar refractivity (Wildman–Crippen MR) is 60.9 cm³/mol. The van der Waals surface area contributed by atoms with E-state index >= 15 is 0 Å². The van der Waals surface area contributed by atoms with Crippen molar-refractivity contribution in [3.05, 3.63) is 11.9 Å².